The summed E-state index contributed by atoms with van der Waals surface area (Å²) in [6.45, 7) is 6.49. The van der Waals surface area contributed by atoms with Crippen LogP contribution in [-0.2, 0) is 4.74 Å². The minimum Gasteiger partial charge on any atom is -0.381 e. The van der Waals surface area contributed by atoms with Gasteiger partial charge in [-0.05, 0) is 39.8 Å². The van der Waals surface area contributed by atoms with Crippen LogP contribution in [0.15, 0.2) is 0 Å². The average Bonchev–Trinajstić information content (AvgIpc) is 2.19. The summed E-state index contributed by atoms with van der Waals surface area (Å²) in [5.41, 5.74) is 0. The highest BCUT2D eigenvalue weighted by atomic mass is 16.5. The molecular weight excluding hydrogens is 176 g/mol. The van der Waals surface area contributed by atoms with Crippen LogP contribution >= 0.6 is 0 Å². The summed E-state index contributed by atoms with van der Waals surface area (Å²) in [5, 5.41) is 3.27. The molecule has 1 atom stereocenters. The summed E-state index contributed by atoms with van der Waals surface area (Å²) < 4.78 is 5.35. The van der Waals surface area contributed by atoms with Gasteiger partial charge < -0.3 is 15.0 Å². The predicted molar refractivity (Wildman–Crippen MR) is 59.6 cm³/mol. The number of nitrogens with one attached hydrogen (secondary N) is 1. The molecule has 1 saturated heterocycles. The zero-order chi connectivity index (χ0) is 10.4. The maximum atomic E-state index is 5.35. The van der Waals surface area contributed by atoms with E-state index in [-0.39, 0.29) is 0 Å². The van der Waals surface area contributed by atoms with E-state index in [2.05, 4.69) is 24.2 Å². The lowest BCUT2D eigenvalue weighted by atomic mass is 10.00. The molecule has 1 aliphatic heterocycles. The molecule has 0 aromatic heterocycles. The zero-order valence-corrected chi connectivity index (χ0v) is 9.75. The summed E-state index contributed by atoms with van der Waals surface area (Å²) >= 11 is 0. The molecule has 0 bridgehead atoms. The van der Waals surface area contributed by atoms with E-state index in [0.29, 0.717) is 6.04 Å². The first-order chi connectivity index (χ1) is 6.72. The van der Waals surface area contributed by atoms with Gasteiger partial charge >= 0.3 is 0 Å². The third-order valence-electron chi connectivity index (χ3n) is 2.99. The van der Waals surface area contributed by atoms with Crippen LogP contribution in [0.2, 0.25) is 0 Å². The van der Waals surface area contributed by atoms with Crippen LogP contribution in [0.1, 0.15) is 19.8 Å². The van der Waals surface area contributed by atoms with Crippen molar-refractivity contribution in [1.82, 2.24) is 10.2 Å². The van der Waals surface area contributed by atoms with Crippen LogP contribution in [0.5, 0.6) is 0 Å². The molecule has 1 rings (SSSR count). The molecule has 0 saturated carbocycles. The molecule has 1 fully saturated rings. The van der Waals surface area contributed by atoms with Gasteiger partial charge in [0.15, 0.2) is 0 Å². The number of ether oxygens (including phenoxy) is 1. The van der Waals surface area contributed by atoms with E-state index in [1.807, 2.05) is 7.05 Å². The van der Waals surface area contributed by atoms with Crippen molar-refractivity contribution >= 4 is 0 Å². The molecule has 0 amide bonds. The molecule has 0 aliphatic carbocycles. The zero-order valence-electron chi connectivity index (χ0n) is 9.75. The third-order valence-corrected chi connectivity index (χ3v) is 2.99. The third kappa shape index (κ3) is 4.40. The van der Waals surface area contributed by atoms with E-state index in [1.54, 1.807) is 0 Å². The highest BCUT2D eigenvalue weighted by Crippen LogP contribution is 2.15. The van der Waals surface area contributed by atoms with E-state index in [1.165, 1.54) is 19.4 Å². The van der Waals surface area contributed by atoms with E-state index >= 15 is 0 Å². The fourth-order valence-corrected chi connectivity index (χ4v) is 2.00. The van der Waals surface area contributed by atoms with Crippen LogP contribution in [0.25, 0.3) is 0 Å². The number of nitrogens with zero attached hydrogens (tertiary/aromatic N) is 1. The molecule has 1 N–H and O–H groups in total. The highest BCUT2D eigenvalue weighted by Gasteiger charge is 2.16. The van der Waals surface area contributed by atoms with E-state index < -0.39 is 0 Å². The van der Waals surface area contributed by atoms with Crippen molar-refractivity contribution in [3.8, 4) is 0 Å². The van der Waals surface area contributed by atoms with Crippen LogP contribution in [0.3, 0.4) is 0 Å². The monoisotopic (exact) mass is 200 g/mol. The number of likely N-dealkylation sites (N-methyl/N-ethyl adjacent to an activating group) is 2. The summed E-state index contributed by atoms with van der Waals surface area (Å²) in [6.07, 6.45) is 2.47. The topological polar surface area (TPSA) is 24.5 Å². The Balaban J connectivity index is 2.14. The Kier molecular flexibility index (Phi) is 5.45. The van der Waals surface area contributed by atoms with Crippen molar-refractivity contribution in [3.63, 3.8) is 0 Å². The van der Waals surface area contributed by atoms with Gasteiger partial charge in [0, 0.05) is 32.3 Å². The number of rotatable bonds is 5. The molecule has 0 aromatic rings. The van der Waals surface area contributed by atoms with Crippen molar-refractivity contribution < 1.29 is 4.74 Å². The minimum atomic E-state index is 0.583. The van der Waals surface area contributed by atoms with Crippen molar-refractivity contribution in [1.29, 1.82) is 0 Å². The first-order valence-corrected chi connectivity index (χ1v) is 5.66. The Morgan fingerprint density at radius 3 is 2.64 bits per heavy atom. The molecule has 0 radical (unpaired) electrons. The second-order valence-corrected chi connectivity index (χ2v) is 4.47. The predicted octanol–water partition coefficient (Wildman–Crippen LogP) is 0.953. The Bertz CT molecular complexity index is 146. The van der Waals surface area contributed by atoms with Crippen LogP contribution in [0, 0.1) is 5.92 Å². The molecule has 3 heteroatoms. The SMILES string of the molecule is CNC(C)CN(C)CC1CCOCC1. The molecule has 0 spiro atoms. The van der Waals surface area contributed by atoms with Gasteiger partial charge in [0.1, 0.15) is 0 Å². The lowest BCUT2D eigenvalue weighted by molar-refractivity contribution is 0.0550. The van der Waals surface area contributed by atoms with Gasteiger partial charge in [-0.2, -0.15) is 0 Å². The van der Waals surface area contributed by atoms with Crippen molar-refractivity contribution in [2.75, 3.05) is 40.4 Å². The highest BCUT2D eigenvalue weighted by molar-refractivity contribution is 4.70. The molecule has 84 valence electrons. The average molecular weight is 200 g/mol. The van der Waals surface area contributed by atoms with Crippen LogP contribution in [-0.4, -0.2) is 51.3 Å². The summed E-state index contributed by atoms with van der Waals surface area (Å²) in [6, 6.07) is 0.583. The van der Waals surface area contributed by atoms with Crippen LogP contribution < -0.4 is 5.32 Å². The number of hydrogen-bond acceptors (Lipinski definition) is 3. The second kappa shape index (κ2) is 6.38. The lowest BCUT2D eigenvalue weighted by Gasteiger charge is -2.28. The maximum absolute atomic E-state index is 5.35. The van der Waals surface area contributed by atoms with Gasteiger partial charge in [0.2, 0.25) is 0 Å². The normalized spacial score (nSPS) is 21.4. The molecule has 14 heavy (non-hydrogen) atoms. The van der Waals surface area contributed by atoms with E-state index in [4.69, 9.17) is 4.74 Å². The quantitative estimate of drug-likeness (QED) is 0.715. The molecule has 3 nitrogen and oxygen atoms in total. The Morgan fingerprint density at radius 2 is 2.07 bits per heavy atom. The lowest BCUT2D eigenvalue weighted by Crippen LogP contribution is -2.38. The van der Waals surface area contributed by atoms with Gasteiger partial charge in [-0.1, -0.05) is 0 Å². The largest absolute Gasteiger partial charge is 0.381 e. The molecule has 0 aromatic carbocycles. The smallest absolute Gasteiger partial charge is 0.0469 e. The van der Waals surface area contributed by atoms with Crippen molar-refractivity contribution in [2.24, 2.45) is 5.92 Å². The van der Waals surface area contributed by atoms with E-state index in [9.17, 15) is 0 Å². The first kappa shape index (κ1) is 12.0. The Labute approximate surface area is 87.8 Å². The van der Waals surface area contributed by atoms with Gasteiger partial charge in [0.25, 0.3) is 0 Å². The summed E-state index contributed by atoms with van der Waals surface area (Å²) in [4.78, 5) is 2.43. The van der Waals surface area contributed by atoms with Crippen molar-refractivity contribution in [3.05, 3.63) is 0 Å². The van der Waals surface area contributed by atoms with Crippen LogP contribution in [0.4, 0.5) is 0 Å². The van der Waals surface area contributed by atoms with Gasteiger partial charge in [-0.25, -0.2) is 0 Å². The molecule has 1 aliphatic rings. The molecule has 1 heterocycles. The standard InChI is InChI=1S/C11H24N2O/c1-10(12-2)8-13(3)9-11-4-6-14-7-5-11/h10-12H,4-9H2,1-3H3. The summed E-state index contributed by atoms with van der Waals surface area (Å²) in [5.74, 6) is 0.845. The fraction of sp³-hybridized carbons (Fsp3) is 1.00. The van der Waals surface area contributed by atoms with Gasteiger partial charge in [0.05, 0.1) is 0 Å². The van der Waals surface area contributed by atoms with Gasteiger partial charge in [-0.3, -0.25) is 0 Å². The fourth-order valence-electron chi connectivity index (χ4n) is 2.00. The van der Waals surface area contributed by atoms with Crippen molar-refractivity contribution in [2.45, 2.75) is 25.8 Å². The van der Waals surface area contributed by atoms with E-state index in [0.717, 1.165) is 25.7 Å². The Morgan fingerprint density at radius 1 is 1.43 bits per heavy atom. The maximum Gasteiger partial charge on any atom is 0.0469 e. The first-order valence-electron chi connectivity index (χ1n) is 5.66. The second-order valence-electron chi connectivity index (χ2n) is 4.47. The van der Waals surface area contributed by atoms with Gasteiger partial charge in [-0.15, -0.1) is 0 Å². The molecule has 1 unspecified atom stereocenters. The molecular formula is C11H24N2O. The Hall–Kier alpha value is -0.120. The number of hydrogen-bond donors (Lipinski definition) is 1. The summed E-state index contributed by atoms with van der Waals surface area (Å²) in [7, 11) is 4.23. The minimum absolute atomic E-state index is 0.583.